The highest BCUT2D eigenvalue weighted by atomic mass is 16.4. The molecular weight excluding hydrogens is 280 g/mol. The topological polar surface area (TPSA) is 70.5 Å². The Morgan fingerprint density at radius 2 is 1.77 bits per heavy atom. The first-order valence-corrected chi connectivity index (χ1v) is 7.05. The molecule has 116 valence electrons. The van der Waals surface area contributed by atoms with E-state index in [-0.39, 0.29) is 5.91 Å². The fraction of sp³-hybridized carbons (Fsp3) is 0.353. The van der Waals surface area contributed by atoms with Crippen LogP contribution in [0.1, 0.15) is 35.5 Å². The number of benzene rings is 1. The number of nitrogens with zero attached hydrogens (tertiary/aromatic N) is 2. The van der Waals surface area contributed by atoms with Crippen molar-refractivity contribution in [2.45, 2.75) is 33.2 Å². The normalized spacial score (nSPS) is 11.5. The van der Waals surface area contributed by atoms with Crippen LogP contribution in [0.15, 0.2) is 24.3 Å². The molecule has 0 unspecified atom stereocenters. The molecule has 2 aromatic rings. The summed E-state index contributed by atoms with van der Waals surface area (Å²) in [6.07, 6.45) is 0. The Kier molecular flexibility index (Phi) is 3.92. The molecule has 0 aliphatic heterocycles. The number of carboxylic acids is 1. The first kappa shape index (κ1) is 15.9. The molecule has 0 aliphatic rings. The number of hydrogen-bond acceptors (Lipinski definition) is 3. The Labute approximate surface area is 129 Å². The minimum absolute atomic E-state index is 0.313. The monoisotopic (exact) mass is 300 g/mol. The number of pyridine rings is 1. The van der Waals surface area contributed by atoms with Crippen molar-refractivity contribution in [2.24, 2.45) is 0 Å². The predicted molar refractivity (Wildman–Crippen MR) is 85.0 cm³/mol. The summed E-state index contributed by atoms with van der Waals surface area (Å²) < 4.78 is 0. The van der Waals surface area contributed by atoms with Gasteiger partial charge in [-0.25, -0.2) is 4.79 Å². The number of hydrogen-bond donors (Lipinski definition) is 1. The molecule has 0 atom stereocenters. The third-order valence-corrected chi connectivity index (χ3v) is 4.26. The molecule has 0 bridgehead atoms. The van der Waals surface area contributed by atoms with Crippen molar-refractivity contribution in [1.82, 2.24) is 9.88 Å². The van der Waals surface area contributed by atoms with Crippen LogP contribution in [0.5, 0.6) is 0 Å². The standard InChI is InChI=1S/C17H20N2O3/c1-10-11(2)18-13-9-7-6-8-12(13)14(10)15(20)19(5)17(3,4)16(21)22/h6-9H,1-5H3,(H,21,22). The van der Waals surface area contributed by atoms with Crippen LogP contribution in [-0.2, 0) is 4.79 Å². The fourth-order valence-corrected chi connectivity index (χ4v) is 2.27. The van der Waals surface area contributed by atoms with Gasteiger partial charge in [0.25, 0.3) is 5.91 Å². The van der Waals surface area contributed by atoms with E-state index >= 15 is 0 Å². The largest absolute Gasteiger partial charge is 0.480 e. The number of aromatic nitrogens is 1. The van der Waals surface area contributed by atoms with E-state index in [2.05, 4.69) is 4.98 Å². The second-order valence-electron chi connectivity index (χ2n) is 5.94. The molecule has 0 fully saturated rings. The SMILES string of the molecule is Cc1nc2ccccc2c(C(=O)N(C)C(C)(C)C(=O)O)c1C. The third kappa shape index (κ3) is 2.43. The van der Waals surface area contributed by atoms with Crippen molar-refractivity contribution in [2.75, 3.05) is 7.05 Å². The van der Waals surface area contributed by atoms with Gasteiger partial charge in [-0.3, -0.25) is 9.78 Å². The summed E-state index contributed by atoms with van der Waals surface area (Å²) in [5.41, 5.74) is 1.50. The summed E-state index contributed by atoms with van der Waals surface area (Å²) >= 11 is 0. The van der Waals surface area contributed by atoms with Crippen LogP contribution in [0.25, 0.3) is 10.9 Å². The van der Waals surface area contributed by atoms with Gasteiger partial charge in [0.1, 0.15) is 5.54 Å². The molecule has 1 heterocycles. The van der Waals surface area contributed by atoms with Gasteiger partial charge < -0.3 is 10.0 Å². The summed E-state index contributed by atoms with van der Waals surface area (Å²) in [6.45, 7) is 6.71. The molecule has 1 aromatic carbocycles. The highest BCUT2D eigenvalue weighted by molar-refractivity contribution is 6.08. The van der Waals surface area contributed by atoms with Gasteiger partial charge in [0.15, 0.2) is 0 Å². The van der Waals surface area contributed by atoms with Crippen LogP contribution in [-0.4, -0.2) is 39.5 Å². The third-order valence-electron chi connectivity index (χ3n) is 4.26. The lowest BCUT2D eigenvalue weighted by molar-refractivity contribution is -0.147. The fourth-order valence-electron chi connectivity index (χ4n) is 2.27. The summed E-state index contributed by atoms with van der Waals surface area (Å²) in [5.74, 6) is -1.36. The number of amides is 1. The average molecular weight is 300 g/mol. The van der Waals surface area contributed by atoms with Crippen molar-refractivity contribution in [1.29, 1.82) is 0 Å². The first-order valence-electron chi connectivity index (χ1n) is 7.05. The molecule has 5 heteroatoms. The molecule has 0 aliphatic carbocycles. The Hall–Kier alpha value is -2.43. The molecule has 0 spiro atoms. The lowest BCUT2D eigenvalue weighted by atomic mass is 9.97. The zero-order valence-electron chi connectivity index (χ0n) is 13.5. The van der Waals surface area contributed by atoms with Crippen LogP contribution < -0.4 is 0 Å². The molecule has 0 radical (unpaired) electrons. The van der Waals surface area contributed by atoms with Crippen molar-refractivity contribution < 1.29 is 14.7 Å². The van der Waals surface area contributed by atoms with E-state index in [1.54, 1.807) is 0 Å². The summed E-state index contributed by atoms with van der Waals surface area (Å²) in [7, 11) is 1.51. The van der Waals surface area contributed by atoms with Crippen LogP contribution in [0.3, 0.4) is 0 Å². The zero-order valence-corrected chi connectivity index (χ0v) is 13.5. The van der Waals surface area contributed by atoms with Crippen LogP contribution in [0, 0.1) is 13.8 Å². The van der Waals surface area contributed by atoms with Gasteiger partial charge in [-0.1, -0.05) is 18.2 Å². The van der Waals surface area contributed by atoms with Gasteiger partial charge in [0, 0.05) is 18.1 Å². The molecule has 0 saturated heterocycles. The Bertz CT molecular complexity index is 766. The maximum atomic E-state index is 12.9. The van der Waals surface area contributed by atoms with Crippen LogP contribution in [0.2, 0.25) is 0 Å². The number of carbonyl (C=O) groups excluding carboxylic acids is 1. The van der Waals surface area contributed by atoms with Crippen LogP contribution in [0.4, 0.5) is 0 Å². The van der Waals surface area contributed by atoms with Gasteiger partial charge in [-0.2, -0.15) is 0 Å². The summed E-state index contributed by atoms with van der Waals surface area (Å²) in [6, 6.07) is 7.39. The Balaban J connectivity index is 2.66. The first-order chi connectivity index (χ1) is 10.2. The Morgan fingerprint density at radius 1 is 1.18 bits per heavy atom. The maximum absolute atomic E-state index is 12.9. The van der Waals surface area contributed by atoms with Crippen LogP contribution >= 0.6 is 0 Å². The van der Waals surface area contributed by atoms with Crippen molar-refractivity contribution >= 4 is 22.8 Å². The van der Waals surface area contributed by atoms with E-state index in [0.29, 0.717) is 5.56 Å². The molecule has 2 rings (SSSR count). The minimum Gasteiger partial charge on any atom is -0.480 e. The van der Waals surface area contributed by atoms with E-state index in [4.69, 9.17) is 0 Å². The zero-order chi connectivity index (χ0) is 16.7. The lowest BCUT2D eigenvalue weighted by Crippen LogP contribution is -2.51. The second-order valence-corrected chi connectivity index (χ2v) is 5.94. The number of para-hydroxylation sites is 1. The minimum atomic E-state index is -1.29. The predicted octanol–water partition coefficient (Wildman–Crippen LogP) is 2.79. The average Bonchev–Trinajstić information content (AvgIpc) is 2.47. The smallest absolute Gasteiger partial charge is 0.329 e. The van der Waals surface area contributed by atoms with E-state index < -0.39 is 11.5 Å². The van der Waals surface area contributed by atoms with Crippen molar-refractivity contribution in [3.63, 3.8) is 0 Å². The van der Waals surface area contributed by atoms with Gasteiger partial charge in [-0.05, 0) is 39.3 Å². The number of rotatable bonds is 3. The highest BCUT2D eigenvalue weighted by Gasteiger charge is 2.36. The summed E-state index contributed by atoms with van der Waals surface area (Å²) in [5, 5.41) is 10.1. The van der Waals surface area contributed by atoms with E-state index in [1.165, 1.54) is 25.8 Å². The Morgan fingerprint density at radius 3 is 2.36 bits per heavy atom. The number of aryl methyl sites for hydroxylation is 1. The number of carbonyl (C=O) groups is 2. The molecule has 1 N–H and O–H groups in total. The molecule has 0 saturated carbocycles. The maximum Gasteiger partial charge on any atom is 0.329 e. The summed E-state index contributed by atoms with van der Waals surface area (Å²) in [4.78, 5) is 30.1. The molecule has 1 aromatic heterocycles. The van der Waals surface area contributed by atoms with Gasteiger partial charge in [0.05, 0.1) is 11.1 Å². The van der Waals surface area contributed by atoms with Gasteiger partial charge in [-0.15, -0.1) is 0 Å². The van der Waals surface area contributed by atoms with Crippen molar-refractivity contribution in [3.05, 3.63) is 41.1 Å². The lowest BCUT2D eigenvalue weighted by Gasteiger charge is -2.32. The molecular formula is C17H20N2O3. The molecule has 1 amide bonds. The number of carboxylic acid groups (broad SMARTS) is 1. The van der Waals surface area contributed by atoms with E-state index in [1.807, 2.05) is 38.1 Å². The van der Waals surface area contributed by atoms with Gasteiger partial charge >= 0.3 is 5.97 Å². The highest BCUT2D eigenvalue weighted by Crippen LogP contribution is 2.26. The molecule has 22 heavy (non-hydrogen) atoms. The van der Waals surface area contributed by atoms with E-state index in [9.17, 15) is 14.7 Å². The number of fused-ring (bicyclic) bond motifs is 1. The number of likely N-dealkylation sites (N-methyl/N-ethyl adjacent to an activating group) is 1. The number of aliphatic carboxylic acids is 1. The quantitative estimate of drug-likeness (QED) is 0.946. The second kappa shape index (κ2) is 5.40. The van der Waals surface area contributed by atoms with Gasteiger partial charge in [0.2, 0.25) is 0 Å². The molecule has 5 nitrogen and oxygen atoms in total. The van der Waals surface area contributed by atoms with E-state index in [0.717, 1.165) is 22.2 Å². The van der Waals surface area contributed by atoms with Crippen molar-refractivity contribution in [3.8, 4) is 0 Å².